The van der Waals surface area contributed by atoms with Crippen molar-refractivity contribution in [1.29, 1.82) is 0 Å². The molecule has 0 rings (SSSR count). The van der Waals surface area contributed by atoms with Gasteiger partial charge in [0.05, 0.1) is 6.54 Å². The third kappa shape index (κ3) is 4.99. The number of carbonyl (C=O) groups excluding carboxylic acids is 1. The molecule has 0 bridgehead atoms. The van der Waals surface area contributed by atoms with E-state index in [2.05, 4.69) is 10.6 Å². The maximum Gasteiger partial charge on any atom is 0.243 e. The van der Waals surface area contributed by atoms with Gasteiger partial charge in [0.25, 0.3) is 0 Å². The molecule has 0 fully saturated rings. The first-order valence-corrected chi connectivity index (χ1v) is 4.74. The van der Waals surface area contributed by atoms with Gasteiger partial charge in [0.15, 0.2) is 5.28 Å². The van der Waals surface area contributed by atoms with Crippen LogP contribution < -0.4 is 5.32 Å². The van der Waals surface area contributed by atoms with Crippen molar-refractivity contribution >= 4 is 5.91 Å². The van der Waals surface area contributed by atoms with Crippen LogP contribution in [0.1, 0.15) is 20.8 Å². The minimum Gasteiger partial charge on any atom is -0.597 e. The van der Waals surface area contributed by atoms with Crippen LogP contribution in [0.3, 0.4) is 0 Å². The van der Waals surface area contributed by atoms with E-state index < -0.39 is 6.04 Å². The number of hydrogen-bond acceptors (Lipinski definition) is 3. The topological polar surface area (TPSA) is 87.8 Å². The Morgan fingerprint density at radius 2 is 2.27 bits per heavy atom. The number of nitrogens with zero attached hydrogens (tertiary/aromatic N) is 2. The van der Waals surface area contributed by atoms with E-state index in [4.69, 9.17) is 5.21 Å². The Hall–Kier alpha value is -1.59. The molecule has 86 valence electrons. The highest BCUT2D eigenvalue weighted by Gasteiger charge is 2.23. The van der Waals surface area contributed by atoms with Crippen LogP contribution in [0.25, 0.3) is 0 Å². The molecule has 1 amide bonds. The van der Waals surface area contributed by atoms with Gasteiger partial charge in [-0.15, -0.1) is 0 Å². The Kier molecular flexibility index (Phi) is 6.08. The maximum absolute atomic E-state index is 11.1. The van der Waals surface area contributed by atoms with Gasteiger partial charge in [0, 0.05) is 5.92 Å². The number of allylic oxidation sites excluding steroid dienone is 1. The van der Waals surface area contributed by atoms with Crippen molar-refractivity contribution in [1.82, 2.24) is 5.32 Å². The zero-order valence-electron chi connectivity index (χ0n) is 9.17. The Morgan fingerprint density at radius 1 is 1.67 bits per heavy atom. The molecule has 6 nitrogen and oxygen atoms in total. The third-order valence-electron chi connectivity index (χ3n) is 1.94. The molecule has 15 heavy (non-hydrogen) atoms. The second-order valence-corrected chi connectivity index (χ2v) is 3.45. The van der Waals surface area contributed by atoms with E-state index in [1.807, 2.05) is 13.8 Å². The molecule has 0 heterocycles. The second kappa shape index (κ2) is 6.80. The molecule has 1 atom stereocenters. The summed E-state index contributed by atoms with van der Waals surface area (Å²) in [7, 11) is 0. The van der Waals surface area contributed by atoms with Crippen LogP contribution in [0.5, 0.6) is 0 Å². The number of hydroxylamine groups is 1. The Balaban J connectivity index is 4.26. The molecule has 0 aromatic rings. The highest BCUT2D eigenvalue weighted by atomic mass is 16.6. The standard InChI is InChI=1S/C9H17N3O3/c1-4-5-9(13)10-6-8(7(2)3)12(15)11-14/h4-5,7-8,14H,6H2,1-3H3,(H,10,13)/b5-4+,12-11-. The molecular formula is C9H17N3O3. The number of nitrogens with one attached hydrogen (secondary N) is 1. The van der Waals surface area contributed by atoms with Crippen LogP contribution in [0.4, 0.5) is 0 Å². The molecule has 0 aliphatic rings. The number of hydrogen-bond donors (Lipinski definition) is 2. The predicted octanol–water partition coefficient (Wildman–Crippen LogP) is 1.05. The summed E-state index contributed by atoms with van der Waals surface area (Å²) in [6.45, 7) is 5.49. The van der Waals surface area contributed by atoms with E-state index in [9.17, 15) is 10.0 Å². The van der Waals surface area contributed by atoms with Crippen LogP contribution in [0.2, 0.25) is 0 Å². The maximum atomic E-state index is 11.1. The summed E-state index contributed by atoms with van der Waals surface area (Å²) < 4.78 is 0. The minimum atomic E-state index is -0.566. The van der Waals surface area contributed by atoms with E-state index in [-0.39, 0.29) is 23.2 Å². The van der Waals surface area contributed by atoms with E-state index in [0.29, 0.717) is 0 Å². The van der Waals surface area contributed by atoms with Gasteiger partial charge in [0.2, 0.25) is 11.9 Å². The SMILES string of the molecule is C/C=C/C(=O)NCC(C(C)C)/[N+]([O-])=N/O. The first-order chi connectivity index (χ1) is 7.02. The molecule has 0 radical (unpaired) electrons. The fourth-order valence-electron chi connectivity index (χ4n) is 1.05. The molecule has 0 saturated carbocycles. The normalized spacial score (nSPS) is 14.5. The summed E-state index contributed by atoms with van der Waals surface area (Å²) in [6, 6.07) is -0.566. The number of amides is 1. The lowest BCUT2D eigenvalue weighted by atomic mass is 10.1. The van der Waals surface area contributed by atoms with Gasteiger partial charge in [-0.2, -0.15) is 0 Å². The first kappa shape index (κ1) is 13.4. The summed E-state index contributed by atoms with van der Waals surface area (Å²) >= 11 is 0. The van der Waals surface area contributed by atoms with Gasteiger partial charge in [0.1, 0.15) is 0 Å². The van der Waals surface area contributed by atoms with Crippen LogP contribution >= 0.6 is 0 Å². The van der Waals surface area contributed by atoms with E-state index in [0.717, 1.165) is 0 Å². The van der Waals surface area contributed by atoms with Crippen molar-refractivity contribution in [2.75, 3.05) is 6.54 Å². The van der Waals surface area contributed by atoms with Crippen molar-refractivity contribution in [3.63, 3.8) is 0 Å². The summed E-state index contributed by atoms with van der Waals surface area (Å²) in [5.41, 5.74) is 0. The summed E-state index contributed by atoms with van der Waals surface area (Å²) in [4.78, 5) is 11.3. The van der Waals surface area contributed by atoms with E-state index in [1.165, 1.54) is 6.08 Å². The summed E-state index contributed by atoms with van der Waals surface area (Å²) in [5.74, 6) is -0.293. The zero-order chi connectivity index (χ0) is 11.8. The van der Waals surface area contributed by atoms with Crippen molar-refractivity contribution < 1.29 is 14.9 Å². The van der Waals surface area contributed by atoms with Gasteiger partial charge in [-0.05, 0) is 13.0 Å². The molecule has 0 saturated heterocycles. The van der Waals surface area contributed by atoms with Crippen molar-refractivity contribution in [3.8, 4) is 0 Å². The molecule has 0 aromatic heterocycles. The molecule has 0 aliphatic carbocycles. The Bertz CT molecular complexity index is 261. The fraction of sp³-hybridized carbons (Fsp3) is 0.667. The lowest BCUT2D eigenvalue weighted by Crippen LogP contribution is -2.39. The van der Waals surface area contributed by atoms with E-state index >= 15 is 0 Å². The average molecular weight is 215 g/mol. The van der Waals surface area contributed by atoms with Gasteiger partial charge >= 0.3 is 0 Å². The van der Waals surface area contributed by atoms with Crippen molar-refractivity contribution in [2.24, 2.45) is 11.2 Å². The summed E-state index contributed by atoms with van der Waals surface area (Å²) in [6.07, 6.45) is 2.97. The molecule has 2 N–H and O–H groups in total. The lowest BCUT2D eigenvalue weighted by Gasteiger charge is -2.16. The monoisotopic (exact) mass is 215 g/mol. The zero-order valence-corrected chi connectivity index (χ0v) is 9.17. The molecule has 6 heteroatoms. The average Bonchev–Trinajstić information content (AvgIpc) is 2.17. The van der Waals surface area contributed by atoms with Crippen molar-refractivity contribution in [2.45, 2.75) is 26.8 Å². The van der Waals surface area contributed by atoms with Crippen LogP contribution in [-0.2, 0) is 4.79 Å². The molecule has 0 aromatic carbocycles. The Labute approximate surface area is 88.8 Å². The van der Waals surface area contributed by atoms with E-state index in [1.54, 1.807) is 13.0 Å². The van der Waals surface area contributed by atoms with Crippen molar-refractivity contribution in [3.05, 3.63) is 17.4 Å². The number of carbonyl (C=O) groups is 1. The highest BCUT2D eigenvalue weighted by Crippen LogP contribution is 2.04. The van der Waals surface area contributed by atoms with Crippen LogP contribution in [0, 0.1) is 11.1 Å². The van der Waals surface area contributed by atoms with Gasteiger partial charge < -0.3 is 15.7 Å². The third-order valence-corrected chi connectivity index (χ3v) is 1.94. The summed E-state index contributed by atoms with van der Waals surface area (Å²) in [5, 5.41) is 24.5. The van der Waals surface area contributed by atoms with Gasteiger partial charge in [-0.3, -0.25) is 4.79 Å². The van der Waals surface area contributed by atoms with Crippen LogP contribution in [0.15, 0.2) is 17.4 Å². The van der Waals surface area contributed by atoms with Gasteiger partial charge in [-0.25, -0.2) is 0 Å². The molecular weight excluding hydrogens is 198 g/mol. The van der Waals surface area contributed by atoms with Gasteiger partial charge in [-0.1, -0.05) is 24.8 Å². The van der Waals surface area contributed by atoms with Crippen LogP contribution in [-0.4, -0.2) is 28.6 Å². The number of rotatable bonds is 5. The second-order valence-electron chi connectivity index (χ2n) is 3.45. The molecule has 1 unspecified atom stereocenters. The molecule has 0 aliphatic heterocycles. The minimum absolute atomic E-state index is 0.0238. The quantitative estimate of drug-likeness (QED) is 0.311. The largest absolute Gasteiger partial charge is 0.597 e. The first-order valence-electron chi connectivity index (χ1n) is 4.74. The smallest absolute Gasteiger partial charge is 0.243 e. The molecule has 0 spiro atoms. The predicted molar refractivity (Wildman–Crippen MR) is 54.3 cm³/mol. The highest BCUT2D eigenvalue weighted by molar-refractivity contribution is 5.87. The fourth-order valence-corrected chi connectivity index (χ4v) is 1.05. The lowest BCUT2D eigenvalue weighted by molar-refractivity contribution is -0.596. The Morgan fingerprint density at radius 3 is 2.67 bits per heavy atom.